The fourth-order valence-electron chi connectivity index (χ4n) is 1.86. The summed E-state index contributed by atoms with van der Waals surface area (Å²) < 4.78 is 5.25. The van der Waals surface area contributed by atoms with Gasteiger partial charge in [0.05, 0.1) is 22.1 Å². The highest BCUT2D eigenvalue weighted by atomic mass is 35.5. The minimum Gasteiger partial charge on any atom is -0.463 e. The van der Waals surface area contributed by atoms with Crippen LogP contribution in [0.4, 0.5) is 5.69 Å². The second kappa shape index (κ2) is 7.70. The van der Waals surface area contributed by atoms with E-state index in [4.69, 9.17) is 27.6 Å². The maximum atomic E-state index is 12.0. The first kappa shape index (κ1) is 16.8. The van der Waals surface area contributed by atoms with Gasteiger partial charge >= 0.3 is 0 Å². The van der Waals surface area contributed by atoms with Crippen molar-refractivity contribution in [3.05, 3.63) is 58.8 Å². The predicted molar refractivity (Wildman–Crippen MR) is 95.5 cm³/mol. The zero-order valence-electron chi connectivity index (χ0n) is 12.2. The Labute approximate surface area is 152 Å². The molecule has 0 aliphatic rings. The van der Waals surface area contributed by atoms with Gasteiger partial charge in [-0.05, 0) is 42.5 Å². The summed E-state index contributed by atoms with van der Waals surface area (Å²) in [4.78, 5) is 12.0. The van der Waals surface area contributed by atoms with Gasteiger partial charge in [0.25, 0.3) is 0 Å². The van der Waals surface area contributed by atoms with Crippen molar-refractivity contribution >= 4 is 46.6 Å². The van der Waals surface area contributed by atoms with Crippen molar-refractivity contribution in [2.45, 2.75) is 5.03 Å². The predicted octanol–water partition coefficient (Wildman–Crippen LogP) is 4.77. The van der Waals surface area contributed by atoms with E-state index in [1.807, 2.05) is 6.07 Å². The number of thioether (sulfide) groups is 1. The quantitative estimate of drug-likeness (QED) is 0.646. The van der Waals surface area contributed by atoms with E-state index in [2.05, 4.69) is 15.5 Å². The smallest absolute Gasteiger partial charge is 0.234 e. The van der Waals surface area contributed by atoms with E-state index >= 15 is 0 Å². The fraction of sp³-hybridized carbons (Fsp3) is 0.0625. The summed E-state index contributed by atoms with van der Waals surface area (Å²) in [6.45, 7) is 0. The summed E-state index contributed by atoms with van der Waals surface area (Å²) in [5.74, 6) is 0.682. The van der Waals surface area contributed by atoms with E-state index in [0.717, 1.165) is 0 Å². The summed E-state index contributed by atoms with van der Waals surface area (Å²) in [7, 11) is 0. The fourth-order valence-corrected chi connectivity index (χ4v) is 2.78. The van der Waals surface area contributed by atoms with Crippen LogP contribution in [0.15, 0.2) is 58.2 Å². The van der Waals surface area contributed by atoms with Crippen molar-refractivity contribution < 1.29 is 9.21 Å². The van der Waals surface area contributed by atoms with E-state index in [1.165, 1.54) is 11.8 Å². The van der Waals surface area contributed by atoms with Crippen molar-refractivity contribution in [1.29, 1.82) is 0 Å². The third-order valence-electron chi connectivity index (χ3n) is 2.97. The molecule has 0 spiro atoms. The summed E-state index contributed by atoms with van der Waals surface area (Å²) in [5.41, 5.74) is 1.24. The first-order chi connectivity index (χ1) is 11.6. The molecule has 8 heteroatoms. The monoisotopic (exact) mass is 379 g/mol. The molecule has 1 amide bonds. The van der Waals surface area contributed by atoms with Crippen molar-refractivity contribution in [3.8, 4) is 11.5 Å². The minimum absolute atomic E-state index is 0.171. The number of carbonyl (C=O) groups excluding carboxylic acids is 1. The molecule has 0 atom stereocenters. The molecule has 2 aromatic heterocycles. The Morgan fingerprint density at radius 1 is 1.12 bits per heavy atom. The molecule has 122 valence electrons. The standard InChI is InChI=1S/C16H11Cl2N3O2S/c17-11-4-3-10(8-12(11)18)19-15(22)9-24-16-6-5-13(20-21-16)14-2-1-7-23-14/h1-8H,9H2,(H,19,22). The lowest BCUT2D eigenvalue weighted by molar-refractivity contribution is -0.113. The lowest BCUT2D eigenvalue weighted by Gasteiger charge is -2.06. The molecule has 0 saturated carbocycles. The number of aromatic nitrogens is 2. The summed E-state index contributed by atoms with van der Waals surface area (Å²) in [5, 5.41) is 12.4. The maximum absolute atomic E-state index is 12.0. The second-order valence-electron chi connectivity index (χ2n) is 4.70. The highest BCUT2D eigenvalue weighted by molar-refractivity contribution is 7.99. The number of nitrogens with one attached hydrogen (secondary N) is 1. The average Bonchev–Trinajstić information content (AvgIpc) is 3.11. The third kappa shape index (κ3) is 4.29. The van der Waals surface area contributed by atoms with Gasteiger partial charge in [0, 0.05) is 5.69 Å². The number of halogens is 2. The van der Waals surface area contributed by atoms with Gasteiger partial charge in [-0.15, -0.1) is 10.2 Å². The minimum atomic E-state index is -0.171. The molecule has 1 aromatic carbocycles. The summed E-state index contributed by atoms with van der Waals surface area (Å²) in [6.07, 6.45) is 1.58. The van der Waals surface area contributed by atoms with Crippen LogP contribution in [0, 0.1) is 0 Å². The largest absolute Gasteiger partial charge is 0.463 e. The molecule has 0 aliphatic carbocycles. The Hall–Kier alpha value is -2.02. The number of nitrogens with zero attached hydrogens (tertiary/aromatic N) is 2. The van der Waals surface area contributed by atoms with Gasteiger partial charge in [0.1, 0.15) is 10.7 Å². The number of carbonyl (C=O) groups is 1. The molecule has 0 saturated heterocycles. The van der Waals surface area contributed by atoms with Crippen LogP contribution in [0.2, 0.25) is 10.0 Å². The maximum Gasteiger partial charge on any atom is 0.234 e. The molecule has 3 aromatic rings. The Morgan fingerprint density at radius 2 is 2.00 bits per heavy atom. The van der Waals surface area contributed by atoms with E-state index in [9.17, 15) is 4.79 Å². The van der Waals surface area contributed by atoms with Crippen molar-refractivity contribution in [2.75, 3.05) is 11.1 Å². The van der Waals surface area contributed by atoms with Gasteiger partial charge in [0.2, 0.25) is 5.91 Å². The van der Waals surface area contributed by atoms with Crippen LogP contribution in [0.25, 0.3) is 11.5 Å². The topological polar surface area (TPSA) is 68.0 Å². The molecule has 24 heavy (non-hydrogen) atoms. The van der Waals surface area contributed by atoms with Gasteiger partial charge in [-0.25, -0.2) is 0 Å². The molecule has 0 bridgehead atoms. The SMILES string of the molecule is O=C(CSc1ccc(-c2ccco2)nn1)Nc1ccc(Cl)c(Cl)c1. The molecular weight excluding hydrogens is 369 g/mol. The molecule has 2 heterocycles. The van der Waals surface area contributed by atoms with Gasteiger partial charge in [0.15, 0.2) is 5.76 Å². The Bertz CT molecular complexity index is 839. The number of rotatable bonds is 5. The molecule has 5 nitrogen and oxygen atoms in total. The zero-order chi connectivity index (χ0) is 16.9. The Kier molecular flexibility index (Phi) is 5.40. The van der Waals surface area contributed by atoms with E-state index in [1.54, 1.807) is 42.7 Å². The van der Waals surface area contributed by atoms with E-state index < -0.39 is 0 Å². The van der Waals surface area contributed by atoms with Gasteiger partial charge < -0.3 is 9.73 Å². The first-order valence-corrected chi connectivity index (χ1v) is 8.61. The molecule has 1 N–H and O–H groups in total. The van der Waals surface area contributed by atoms with Crippen molar-refractivity contribution in [1.82, 2.24) is 10.2 Å². The van der Waals surface area contributed by atoms with E-state index in [-0.39, 0.29) is 11.7 Å². The highest BCUT2D eigenvalue weighted by Gasteiger charge is 2.08. The number of furan rings is 1. The first-order valence-electron chi connectivity index (χ1n) is 6.87. The van der Waals surface area contributed by atoms with E-state index in [0.29, 0.717) is 32.2 Å². The van der Waals surface area contributed by atoms with Crippen LogP contribution in [0.1, 0.15) is 0 Å². The number of hydrogen-bond donors (Lipinski definition) is 1. The average molecular weight is 380 g/mol. The van der Waals surface area contributed by atoms with Crippen LogP contribution in [-0.4, -0.2) is 21.9 Å². The van der Waals surface area contributed by atoms with Gasteiger partial charge in [-0.1, -0.05) is 35.0 Å². The number of anilines is 1. The van der Waals surface area contributed by atoms with Crippen LogP contribution in [0.3, 0.4) is 0 Å². The highest BCUT2D eigenvalue weighted by Crippen LogP contribution is 2.25. The van der Waals surface area contributed by atoms with Crippen molar-refractivity contribution in [2.24, 2.45) is 0 Å². The number of amides is 1. The number of benzene rings is 1. The normalized spacial score (nSPS) is 10.6. The lowest BCUT2D eigenvalue weighted by atomic mass is 10.3. The molecule has 0 aliphatic heterocycles. The van der Waals surface area contributed by atoms with Crippen LogP contribution in [-0.2, 0) is 4.79 Å². The van der Waals surface area contributed by atoms with Crippen LogP contribution < -0.4 is 5.32 Å². The summed E-state index contributed by atoms with van der Waals surface area (Å²) in [6, 6.07) is 12.1. The molecule has 3 rings (SSSR count). The molecule has 0 radical (unpaired) electrons. The lowest BCUT2D eigenvalue weighted by Crippen LogP contribution is -2.14. The number of hydrogen-bond acceptors (Lipinski definition) is 5. The van der Waals surface area contributed by atoms with Gasteiger partial charge in [-0.3, -0.25) is 4.79 Å². The molecule has 0 fully saturated rings. The molecular formula is C16H11Cl2N3O2S. The Morgan fingerprint density at radius 3 is 2.67 bits per heavy atom. The van der Waals surface area contributed by atoms with Crippen LogP contribution in [0.5, 0.6) is 0 Å². The van der Waals surface area contributed by atoms with Crippen molar-refractivity contribution in [3.63, 3.8) is 0 Å². The summed E-state index contributed by atoms with van der Waals surface area (Å²) >= 11 is 13.0. The third-order valence-corrected chi connectivity index (χ3v) is 4.63. The molecule has 0 unspecified atom stereocenters. The van der Waals surface area contributed by atoms with Gasteiger partial charge in [-0.2, -0.15) is 0 Å². The Balaban J connectivity index is 1.55. The second-order valence-corrected chi connectivity index (χ2v) is 6.51. The zero-order valence-corrected chi connectivity index (χ0v) is 14.5. The van der Waals surface area contributed by atoms with Crippen LogP contribution >= 0.6 is 35.0 Å².